The highest BCUT2D eigenvalue weighted by molar-refractivity contribution is 6.00. The fourth-order valence-electron chi connectivity index (χ4n) is 4.58. The van der Waals surface area contributed by atoms with E-state index < -0.39 is 11.8 Å². The van der Waals surface area contributed by atoms with Crippen LogP contribution in [0.25, 0.3) is 0 Å². The molecule has 7 nitrogen and oxygen atoms in total. The maximum Gasteiger partial charge on any atom is 0.283 e. The van der Waals surface area contributed by atoms with Gasteiger partial charge in [-0.05, 0) is 12.8 Å². The summed E-state index contributed by atoms with van der Waals surface area (Å²) >= 11 is 0. The number of aliphatic hydroxyl groups is 2. The van der Waals surface area contributed by atoms with Crippen molar-refractivity contribution in [3.63, 3.8) is 0 Å². The first-order valence-electron chi connectivity index (χ1n) is 15.5. The summed E-state index contributed by atoms with van der Waals surface area (Å²) in [5, 5.41) is 18.9. The SMILES string of the molecule is CCCCCCCCCCCCC(C(=O)CCCCCCCCCCC)C(=O)N(OCCO)OCCO. The van der Waals surface area contributed by atoms with Gasteiger partial charge in [0.25, 0.3) is 5.91 Å². The van der Waals surface area contributed by atoms with E-state index in [1.807, 2.05) is 0 Å². The third-order valence-corrected chi connectivity index (χ3v) is 6.84. The minimum Gasteiger partial charge on any atom is -0.394 e. The number of hydrogen-bond acceptors (Lipinski definition) is 6. The summed E-state index contributed by atoms with van der Waals surface area (Å²) in [6.07, 6.45) is 23.3. The third kappa shape index (κ3) is 21.6. The maximum atomic E-state index is 13.1. The van der Waals surface area contributed by atoms with Gasteiger partial charge < -0.3 is 10.2 Å². The first-order valence-corrected chi connectivity index (χ1v) is 15.5. The molecule has 0 spiro atoms. The second-order valence-electron chi connectivity index (χ2n) is 10.3. The first-order chi connectivity index (χ1) is 18.1. The van der Waals surface area contributed by atoms with Gasteiger partial charge >= 0.3 is 0 Å². The Kier molecular flexibility index (Phi) is 27.2. The zero-order chi connectivity index (χ0) is 27.4. The number of carbonyl (C=O) groups excluding carboxylic acids is 2. The largest absolute Gasteiger partial charge is 0.394 e. The molecule has 0 rings (SSSR count). The second-order valence-corrected chi connectivity index (χ2v) is 10.3. The van der Waals surface area contributed by atoms with Gasteiger partial charge in [0.05, 0.1) is 13.2 Å². The molecule has 1 unspecified atom stereocenters. The standard InChI is InChI=1S/C30H59NO6/c1-3-5-7-9-11-13-15-16-18-20-22-28(30(35)31(36-26-24-32)37-27-25-33)29(34)23-21-19-17-14-12-10-8-6-4-2/h28,32-33H,3-27H2,1-2H3. The fraction of sp³-hybridized carbons (Fsp3) is 0.933. The van der Waals surface area contributed by atoms with Crippen molar-refractivity contribution in [2.75, 3.05) is 26.4 Å². The molecule has 1 atom stereocenters. The Morgan fingerprint density at radius 2 is 0.973 bits per heavy atom. The molecule has 0 aliphatic rings. The topological polar surface area (TPSA) is 96.3 Å². The number of amides is 1. The van der Waals surface area contributed by atoms with Crippen LogP contribution in [0.2, 0.25) is 0 Å². The minimum atomic E-state index is -0.805. The van der Waals surface area contributed by atoms with E-state index in [4.69, 9.17) is 19.9 Å². The Balaban J connectivity index is 4.58. The van der Waals surface area contributed by atoms with E-state index in [1.54, 1.807) is 0 Å². The molecule has 0 aromatic rings. The van der Waals surface area contributed by atoms with Gasteiger partial charge in [-0.15, -0.1) is 0 Å². The lowest BCUT2D eigenvalue weighted by Gasteiger charge is -2.24. The molecule has 0 aromatic carbocycles. The number of Topliss-reactive ketones (excluding diaryl/α,β-unsaturated/α-hetero) is 1. The quantitative estimate of drug-likeness (QED) is 0.0610. The summed E-state index contributed by atoms with van der Waals surface area (Å²) in [7, 11) is 0. The van der Waals surface area contributed by atoms with E-state index in [2.05, 4.69) is 13.8 Å². The molecule has 0 fully saturated rings. The Bertz CT molecular complexity index is 508. The van der Waals surface area contributed by atoms with Gasteiger partial charge in [-0.2, -0.15) is 0 Å². The van der Waals surface area contributed by atoms with Crippen molar-refractivity contribution < 1.29 is 29.5 Å². The van der Waals surface area contributed by atoms with Crippen molar-refractivity contribution in [2.45, 2.75) is 149 Å². The second kappa shape index (κ2) is 28.0. The van der Waals surface area contributed by atoms with Gasteiger partial charge in [0.1, 0.15) is 24.9 Å². The molecule has 0 radical (unpaired) electrons. The van der Waals surface area contributed by atoms with Gasteiger partial charge in [0.15, 0.2) is 0 Å². The van der Waals surface area contributed by atoms with Crippen LogP contribution in [0.4, 0.5) is 0 Å². The zero-order valence-corrected chi connectivity index (χ0v) is 24.2. The highest BCUT2D eigenvalue weighted by atomic mass is 17.0. The molecule has 0 aliphatic carbocycles. The number of hydroxylamine groups is 2. The van der Waals surface area contributed by atoms with Gasteiger partial charge in [0, 0.05) is 6.42 Å². The van der Waals surface area contributed by atoms with E-state index in [0.717, 1.165) is 38.5 Å². The summed E-state index contributed by atoms with van der Waals surface area (Å²) in [4.78, 5) is 36.7. The van der Waals surface area contributed by atoms with Crippen LogP contribution in [-0.4, -0.2) is 53.6 Å². The van der Waals surface area contributed by atoms with Gasteiger partial charge in [0.2, 0.25) is 0 Å². The van der Waals surface area contributed by atoms with Crippen molar-refractivity contribution in [2.24, 2.45) is 5.92 Å². The van der Waals surface area contributed by atoms with Crippen LogP contribution >= 0.6 is 0 Å². The van der Waals surface area contributed by atoms with E-state index in [-0.39, 0.29) is 32.2 Å². The monoisotopic (exact) mass is 529 g/mol. The molecule has 0 aliphatic heterocycles. The molecule has 7 heteroatoms. The number of aliphatic hydroxyl groups excluding tert-OH is 2. The predicted octanol–water partition coefficient (Wildman–Crippen LogP) is 7.08. The number of hydrogen-bond donors (Lipinski definition) is 2. The lowest BCUT2D eigenvalue weighted by molar-refractivity contribution is -0.346. The van der Waals surface area contributed by atoms with Crippen molar-refractivity contribution in [1.29, 1.82) is 0 Å². The maximum absolute atomic E-state index is 13.1. The van der Waals surface area contributed by atoms with E-state index in [1.165, 1.54) is 83.5 Å². The predicted molar refractivity (Wildman–Crippen MR) is 150 cm³/mol. The van der Waals surface area contributed by atoms with Gasteiger partial charge in [-0.3, -0.25) is 9.59 Å². The number of unbranched alkanes of at least 4 members (excludes halogenated alkanes) is 17. The lowest BCUT2D eigenvalue weighted by Crippen LogP contribution is -2.40. The summed E-state index contributed by atoms with van der Waals surface area (Å²) in [5.41, 5.74) is 0. The number of ketones is 1. The minimum absolute atomic E-state index is 0.0610. The van der Waals surface area contributed by atoms with Crippen LogP contribution in [0.5, 0.6) is 0 Å². The Hall–Kier alpha value is -1.02. The molecule has 37 heavy (non-hydrogen) atoms. The summed E-state index contributed by atoms with van der Waals surface area (Å²) < 4.78 is 0. The van der Waals surface area contributed by atoms with Crippen LogP contribution < -0.4 is 0 Å². The van der Waals surface area contributed by atoms with Crippen LogP contribution in [0.1, 0.15) is 149 Å². The van der Waals surface area contributed by atoms with Crippen molar-refractivity contribution >= 4 is 11.7 Å². The molecule has 0 heterocycles. The highest BCUT2D eigenvalue weighted by Crippen LogP contribution is 2.20. The van der Waals surface area contributed by atoms with E-state index in [0.29, 0.717) is 18.1 Å². The van der Waals surface area contributed by atoms with Gasteiger partial charge in [-0.25, -0.2) is 9.68 Å². The van der Waals surface area contributed by atoms with Crippen LogP contribution in [0.3, 0.4) is 0 Å². The smallest absolute Gasteiger partial charge is 0.283 e. The fourth-order valence-corrected chi connectivity index (χ4v) is 4.58. The average Bonchev–Trinajstić information content (AvgIpc) is 2.90. The van der Waals surface area contributed by atoms with E-state index in [9.17, 15) is 9.59 Å². The molecule has 1 amide bonds. The van der Waals surface area contributed by atoms with E-state index >= 15 is 0 Å². The lowest BCUT2D eigenvalue weighted by atomic mass is 9.92. The highest BCUT2D eigenvalue weighted by Gasteiger charge is 2.31. The van der Waals surface area contributed by atoms with Crippen LogP contribution in [0, 0.1) is 5.92 Å². The number of carbonyl (C=O) groups is 2. The van der Waals surface area contributed by atoms with Crippen molar-refractivity contribution in [3.05, 3.63) is 0 Å². The zero-order valence-electron chi connectivity index (χ0n) is 24.2. The molecule has 0 bridgehead atoms. The van der Waals surface area contributed by atoms with Crippen molar-refractivity contribution in [1.82, 2.24) is 5.23 Å². The molecule has 220 valence electrons. The van der Waals surface area contributed by atoms with Gasteiger partial charge in [-0.1, -0.05) is 135 Å². The average molecular weight is 530 g/mol. The molecule has 2 N–H and O–H groups in total. The third-order valence-electron chi connectivity index (χ3n) is 6.84. The Morgan fingerprint density at radius 3 is 1.38 bits per heavy atom. The first kappa shape index (κ1) is 36.0. The van der Waals surface area contributed by atoms with Crippen molar-refractivity contribution in [3.8, 4) is 0 Å². The molecular weight excluding hydrogens is 470 g/mol. The normalized spacial score (nSPS) is 12.1. The summed E-state index contributed by atoms with van der Waals surface area (Å²) in [6.45, 7) is 3.67. The molecular formula is C30H59NO6. The summed E-state index contributed by atoms with van der Waals surface area (Å²) in [5.74, 6) is -1.40. The van der Waals surface area contributed by atoms with Crippen LogP contribution in [-0.2, 0) is 19.3 Å². The van der Waals surface area contributed by atoms with Crippen LogP contribution in [0.15, 0.2) is 0 Å². The Labute approximate surface area is 227 Å². The summed E-state index contributed by atoms with van der Waals surface area (Å²) in [6, 6.07) is 0. The number of rotatable bonds is 29. The Morgan fingerprint density at radius 1 is 0.595 bits per heavy atom. The molecule has 0 aromatic heterocycles. The number of nitrogens with zero attached hydrogens (tertiary/aromatic N) is 1. The molecule has 0 saturated heterocycles. The molecule has 0 saturated carbocycles.